The van der Waals surface area contributed by atoms with Crippen molar-refractivity contribution >= 4 is 17.5 Å². The molecule has 0 fully saturated rings. The van der Waals surface area contributed by atoms with Crippen LogP contribution in [0.2, 0.25) is 0 Å². The number of amides is 2. The van der Waals surface area contributed by atoms with Gasteiger partial charge in [-0.3, -0.25) is 4.79 Å². The van der Waals surface area contributed by atoms with E-state index in [0.29, 0.717) is 23.4 Å². The summed E-state index contributed by atoms with van der Waals surface area (Å²) in [6.07, 6.45) is 5.58. The molecule has 2 N–H and O–H groups in total. The minimum Gasteiger partial charge on any atom is -0.377 e. The van der Waals surface area contributed by atoms with Gasteiger partial charge in [0.05, 0.1) is 0 Å². The Kier molecular flexibility index (Phi) is 4.99. The molecule has 0 saturated carbocycles. The van der Waals surface area contributed by atoms with Crippen LogP contribution in [0.4, 0.5) is 10.5 Å². The van der Waals surface area contributed by atoms with Gasteiger partial charge in [-0.05, 0) is 38.3 Å². The van der Waals surface area contributed by atoms with Gasteiger partial charge in [-0.25, -0.2) is 4.79 Å². The molecule has 1 heterocycles. The van der Waals surface area contributed by atoms with Crippen LogP contribution in [0.3, 0.4) is 0 Å². The van der Waals surface area contributed by atoms with Crippen molar-refractivity contribution in [2.75, 3.05) is 18.9 Å². The molecule has 116 valence electrons. The Labute approximate surface area is 130 Å². The van der Waals surface area contributed by atoms with Gasteiger partial charge in [0, 0.05) is 36.5 Å². The van der Waals surface area contributed by atoms with Gasteiger partial charge >= 0.3 is 6.03 Å². The Balaban J connectivity index is 2.10. The molecular weight excluding hydrogens is 278 g/mol. The Bertz CT molecular complexity index is 633. The fourth-order valence-corrected chi connectivity index (χ4v) is 2.08. The Morgan fingerprint density at radius 2 is 2.05 bits per heavy atom. The quantitative estimate of drug-likeness (QED) is 0.840. The van der Waals surface area contributed by atoms with Crippen LogP contribution >= 0.6 is 0 Å². The van der Waals surface area contributed by atoms with E-state index in [9.17, 15) is 9.59 Å². The van der Waals surface area contributed by atoms with Crippen LogP contribution in [0.25, 0.3) is 0 Å². The number of hydrogen-bond acceptors (Lipinski definition) is 3. The standard InChI is InChI=1S/C17H21N3O2/c1-12(2)18-17(22)19-15-6-4-5-14(11-15)16(21)13-7-9-20(3)10-8-13/h4-9,11-12H,10H2,1-3H3,(H2,18,19,22). The molecule has 0 aromatic heterocycles. The third kappa shape index (κ3) is 4.22. The van der Waals surface area contributed by atoms with E-state index in [1.165, 1.54) is 0 Å². The lowest BCUT2D eigenvalue weighted by molar-refractivity contribution is 0.103. The summed E-state index contributed by atoms with van der Waals surface area (Å²) in [5.74, 6) is -0.0442. The van der Waals surface area contributed by atoms with E-state index >= 15 is 0 Å². The fraction of sp³-hybridized carbons (Fsp3) is 0.294. The van der Waals surface area contributed by atoms with E-state index in [2.05, 4.69) is 10.6 Å². The van der Waals surface area contributed by atoms with E-state index in [1.54, 1.807) is 30.3 Å². The minimum atomic E-state index is -0.280. The van der Waals surface area contributed by atoms with Crippen molar-refractivity contribution < 1.29 is 9.59 Å². The van der Waals surface area contributed by atoms with Crippen molar-refractivity contribution in [1.82, 2.24) is 10.2 Å². The number of allylic oxidation sites excluding steroid dienone is 2. The normalized spacial score (nSPS) is 13.8. The molecular formula is C17H21N3O2. The molecule has 1 aromatic carbocycles. The van der Waals surface area contributed by atoms with E-state index in [-0.39, 0.29) is 17.9 Å². The molecule has 1 aromatic rings. The molecule has 2 rings (SSSR count). The van der Waals surface area contributed by atoms with E-state index in [0.717, 1.165) is 0 Å². The summed E-state index contributed by atoms with van der Waals surface area (Å²) in [7, 11) is 1.95. The Hall–Kier alpha value is -2.56. The highest BCUT2D eigenvalue weighted by molar-refractivity contribution is 6.11. The lowest BCUT2D eigenvalue weighted by Gasteiger charge is -2.16. The van der Waals surface area contributed by atoms with Crippen LogP contribution in [0.5, 0.6) is 0 Å². The number of Topliss-reactive ketones (excluding diaryl/α,β-unsaturated/α-hetero) is 1. The number of carbonyl (C=O) groups is 2. The number of likely N-dealkylation sites (N-methyl/N-ethyl adjacent to an activating group) is 1. The summed E-state index contributed by atoms with van der Waals surface area (Å²) in [5, 5.41) is 5.48. The van der Waals surface area contributed by atoms with Gasteiger partial charge in [-0.2, -0.15) is 0 Å². The number of rotatable bonds is 4. The Morgan fingerprint density at radius 3 is 2.68 bits per heavy atom. The maximum absolute atomic E-state index is 12.5. The van der Waals surface area contributed by atoms with Crippen molar-refractivity contribution in [2.24, 2.45) is 0 Å². The van der Waals surface area contributed by atoms with Gasteiger partial charge < -0.3 is 15.5 Å². The van der Waals surface area contributed by atoms with Gasteiger partial charge in [0.15, 0.2) is 5.78 Å². The number of anilines is 1. The van der Waals surface area contributed by atoms with Gasteiger partial charge in [0.25, 0.3) is 0 Å². The molecule has 0 saturated heterocycles. The van der Waals surface area contributed by atoms with Crippen LogP contribution in [-0.2, 0) is 0 Å². The first-order valence-corrected chi connectivity index (χ1v) is 7.26. The SMILES string of the molecule is CC(C)NC(=O)Nc1cccc(C(=O)C2=CCN(C)C=C2)c1. The summed E-state index contributed by atoms with van der Waals surface area (Å²) >= 11 is 0. The van der Waals surface area contributed by atoms with Crippen LogP contribution in [-0.4, -0.2) is 36.3 Å². The first-order chi connectivity index (χ1) is 10.5. The average Bonchev–Trinajstić information content (AvgIpc) is 2.46. The average molecular weight is 299 g/mol. The molecule has 1 aliphatic rings. The molecule has 5 heteroatoms. The predicted octanol–water partition coefficient (Wildman–Crippen LogP) is 2.78. The van der Waals surface area contributed by atoms with Crippen molar-refractivity contribution in [2.45, 2.75) is 19.9 Å². The zero-order valence-corrected chi connectivity index (χ0v) is 13.1. The maximum atomic E-state index is 12.5. The van der Waals surface area contributed by atoms with E-state index in [1.807, 2.05) is 38.1 Å². The van der Waals surface area contributed by atoms with Gasteiger partial charge in [0.2, 0.25) is 0 Å². The smallest absolute Gasteiger partial charge is 0.319 e. The van der Waals surface area contributed by atoms with Gasteiger partial charge in [0.1, 0.15) is 0 Å². The zero-order valence-electron chi connectivity index (χ0n) is 13.1. The second-order valence-corrected chi connectivity index (χ2v) is 5.58. The number of carbonyl (C=O) groups excluding carboxylic acids is 2. The zero-order chi connectivity index (χ0) is 16.1. The van der Waals surface area contributed by atoms with E-state index in [4.69, 9.17) is 0 Å². The van der Waals surface area contributed by atoms with Crippen LogP contribution in [0.1, 0.15) is 24.2 Å². The number of urea groups is 1. The number of nitrogens with one attached hydrogen (secondary N) is 2. The van der Waals surface area contributed by atoms with Crippen molar-refractivity contribution in [1.29, 1.82) is 0 Å². The summed E-state index contributed by atoms with van der Waals surface area (Å²) in [6.45, 7) is 4.49. The topological polar surface area (TPSA) is 61.4 Å². The van der Waals surface area contributed by atoms with Crippen LogP contribution in [0, 0.1) is 0 Å². The number of ketones is 1. The largest absolute Gasteiger partial charge is 0.377 e. The highest BCUT2D eigenvalue weighted by Crippen LogP contribution is 2.17. The summed E-state index contributed by atoms with van der Waals surface area (Å²) in [6, 6.07) is 6.74. The van der Waals surface area contributed by atoms with Gasteiger partial charge in [-0.15, -0.1) is 0 Å². The predicted molar refractivity (Wildman–Crippen MR) is 87.9 cm³/mol. The second kappa shape index (κ2) is 6.93. The first-order valence-electron chi connectivity index (χ1n) is 7.26. The third-order valence-electron chi connectivity index (χ3n) is 3.17. The molecule has 2 amide bonds. The monoisotopic (exact) mass is 299 g/mol. The second-order valence-electron chi connectivity index (χ2n) is 5.58. The first kappa shape index (κ1) is 15.8. The molecule has 1 aliphatic heterocycles. The van der Waals surface area contributed by atoms with Crippen molar-refractivity contribution in [3.63, 3.8) is 0 Å². The molecule has 0 spiro atoms. The summed E-state index contributed by atoms with van der Waals surface area (Å²) in [5.41, 5.74) is 1.83. The minimum absolute atomic E-state index is 0.0442. The molecule has 0 atom stereocenters. The molecule has 0 aliphatic carbocycles. The highest BCUT2D eigenvalue weighted by atomic mass is 16.2. The lowest BCUT2D eigenvalue weighted by Crippen LogP contribution is -2.34. The molecule has 5 nitrogen and oxygen atoms in total. The molecule has 22 heavy (non-hydrogen) atoms. The summed E-state index contributed by atoms with van der Waals surface area (Å²) < 4.78 is 0. The highest BCUT2D eigenvalue weighted by Gasteiger charge is 2.13. The molecule has 0 unspecified atom stereocenters. The Morgan fingerprint density at radius 1 is 1.27 bits per heavy atom. The summed E-state index contributed by atoms with van der Waals surface area (Å²) in [4.78, 5) is 26.2. The fourth-order valence-electron chi connectivity index (χ4n) is 2.08. The third-order valence-corrected chi connectivity index (χ3v) is 3.17. The van der Waals surface area contributed by atoms with Crippen molar-refractivity contribution in [3.8, 4) is 0 Å². The van der Waals surface area contributed by atoms with Crippen LogP contribution in [0.15, 0.2) is 48.2 Å². The van der Waals surface area contributed by atoms with Crippen molar-refractivity contribution in [3.05, 3.63) is 53.8 Å². The van der Waals surface area contributed by atoms with Gasteiger partial charge in [-0.1, -0.05) is 18.2 Å². The molecule has 0 radical (unpaired) electrons. The number of nitrogens with zero attached hydrogens (tertiary/aromatic N) is 1. The number of hydrogen-bond donors (Lipinski definition) is 2. The van der Waals surface area contributed by atoms with Crippen LogP contribution < -0.4 is 10.6 Å². The van der Waals surface area contributed by atoms with E-state index < -0.39 is 0 Å². The molecule has 0 bridgehead atoms. The lowest BCUT2D eigenvalue weighted by atomic mass is 10.0. The maximum Gasteiger partial charge on any atom is 0.319 e. The number of benzene rings is 1.